The van der Waals surface area contributed by atoms with E-state index in [0.29, 0.717) is 27.1 Å². The number of hydrogen-bond donors (Lipinski definition) is 1. The molecule has 0 unspecified atom stereocenters. The van der Waals surface area contributed by atoms with Gasteiger partial charge in [-0.2, -0.15) is 5.10 Å². The lowest BCUT2D eigenvalue weighted by Gasteiger charge is -2.13. The summed E-state index contributed by atoms with van der Waals surface area (Å²) in [7, 11) is 1.50. The normalized spacial score (nSPS) is 10.6. The maximum atomic E-state index is 12.2. The van der Waals surface area contributed by atoms with Crippen molar-refractivity contribution in [3.8, 4) is 11.5 Å². The van der Waals surface area contributed by atoms with Crippen LogP contribution in [0.2, 0.25) is 0 Å². The smallest absolute Gasteiger partial charge is 0.344 e. The van der Waals surface area contributed by atoms with E-state index in [1.54, 1.807) is 37.3 Å². The van der Waals surface area contributed by atoms with Crippen LogP contribution in [0.3, 0.4) is 0 Å². The van der Waals surface area contributed by atoms with Crippen LogP contribution in [-0.4, -0.2) is 38.4 Å². The number of nitrogens with zero attached hydrogens (tertiary/aromatic N) is 1. The van der Waals surface area contributed by atoms with E-state index in [1.807, 2.05) is 6.07 Å². The van der Waals surface area contributed by atoms with Crippen LogP contribution in [0.15, 0.2) is 46.0 Å². The van der Waals surface area contributed by atoms with Crippen molar-refractivity contribution in [2.45, 2.75) is 6.92 Å². The van der Waals surface area contributed by atoms with E-state index < -0.39 is 5.97 Å². The molecule has 0 aliphatic rings. The third-order valence-electron chi connectivity index (χ3n) is 3.39. The third kappa shape index (κ3) is 6.20. The summed E-state index contributed by atoms with van der Waals surface area (Å²) < 4.78 is 17.1. The molecule has 0 radical (unpaired) electrons. The molecule has 0 fully saturated rings. The number of halogens is 2. The highest BCUT2D eigenvalue weighted by Crippen LogP contribution is 2.33. The first kappa shape index (κ1) is 22.2. The van der Waals surface area contributed by atoms with Crippen molar-refractivity contribution in [2.24, 2.45) is 5.10 Å². The van der Waals surface area contributed by atoms with Gasteiger partial charge in [-0.25, -0.2) is 10.2 Å². The Kier molecular flexibility index (Phi) is 8.71. The molecule has 2 aromatic rings. The van der Waals surface area contributed by atoms with Crippen molar-refractivity contribution in [1.29, 1.82) is 0 Å². The van der Waals surface area contributed by atoms with Crippen LogP contribution in [0.25, 0.3) is 0 Å². The molecule has 0 aliphatic carbocycles. The molecule has 0 heterocycles. The number of ether oxygens (including phenoxy) is 3. The molecule has 2 aromatic carbocycles. The summed E-state index contributed by atoms with van der Waals surface area (Å²) in [6, 6.07) is 10.5. The molecule has 28 heavy (non-hydrogen) atoms. The molecule has 9 heteroatoms. The van der Waals surface area contributed by atoms with Gasteiger partial charge >= 0.3 is 5.97 Å². The number of benzene rings is 2. The monoisotopic (exact) mass is 560 g/mol. The molecule has 7 nitrogen and oxygen atoms in total. The predicted molar refractivity (Wildman–Crippen MR) is 117 cm³/mol. The standard InChI is InChI=1S/C19H18BrIN2O5/c1-3-27-17(24)11-28-18-15(21)8-12(9-16(18)26-2)10-22-23-19(25)13-6-4-5-7-14(13)20/h4-10H,3,11H2,1-2H3,(H,23,25)/b22-10+. The topological polar surface area (TPSA) is 86.2 Å². The van der Waals surface area contributed by atoms with Crippen LogP contribution < -0.4 is 14.9 Å². The number of amides is 1. The lowest BCUT2D eigenvalue weighted by atomic mass is 10.2. The Balaban J connectivity index is 2.09. The molecular weight excluding hydrogens is 543 g/mol. The molecule has 0 bridgehead atoms. The summed E-state index contributed by atoms with van der Waals surface area (Å²) in [5, 5.41) is 3.98. The number of methoxy groups -OCH3 is 1. The highest BCUT2D eigenvalue weighted by molar-refractivity contribution is 14.1. The lowest BCUT2D eigenvalue weighted by molar-refractivity contribution is -0.145. The highest BCUT2D eigenvalue weighted by Gasteiger charge is 2.14. The summed E-state index contributed by atoms with van der Waals surface area (Å²) in [5.41, 5.74) is 3.65. The Labute approximate surface area is 184 Å². The number of nitrogens with one attached hydrogen (secondary N) is 1. The van der Waals surface area contributed by atoms with E-state index in [4.69, 9.17) is 14.2 Å². The van der Waals surface area contributed by atoms with Gasteiger partial charge in [0.05, 0.1) is 29.1 Å². The zero-order valence-corrected chi connectivity index (χ0v) is 18.9. The van der Waals surface area contributed by atoms with E-state index in [9.17, 15) is 9.59 Å². The second-order valence-electron chi connectivity index (χ2n) is 5.31. The predicted octanol–water partition coefficient (Wildman–Crippen LogP) is 3.77. The van der Waals surface area contributed by atoms with E-state index in [-0.39, 0.29) is 19.1 Å². The van der Waals surface area contributed by atoms with E-state index >= 15 is 0 Å². The largest absolute Gasteiger partial charge is 0.493 e. The molecule has 2 rings (SSSR count). The van der Waals surface area contributed by atoms with Crippen molar-refractivity contribution in [3.63, 3.8) is 0 Å². The average Bonchev–Trinajstić information content (AvgIpc) is 2.67. The maximum absolute atomic E-state index is 12.2. The number of rotatable bonds is 8. The van der Waals surface area contributed by atoms with Gasteiger partial charge in [0.15, 0.2) is 18.1 Å². The fourth-order valence-electron chi connectivity index (χ4n) is 2.16. The van der Waals surface area contributed by atoms with Crippen molar-refractivity contribution in [2.75, 3.05) is 20.3 Å². The fourth-order valence-corrected chi connectivity index (χ4v) is 3.41. The van der Waals surface area contributed by atoms with Gasteiger partial charge < -0.3 is 14.2 Å². The first-order valence-electron chi connectivity index (χ1n) is 8.20. The van der Waals surface area contributed by atoms with Crippen molar-refractivity contribution in [3.05, 3.63) is 55.6 Å². The van der Waals surface area contributed by atoms with E-state index in [1.165, 1.54) is 13.3 Å². The molecule has 0 atom stereocenters. The summed E-state index contributed by atoms with van der Waals surface area (Å²) >= 11 is 5.40. The van der Waals surface area contributed by atoms with Crippen LogP contribution in [-0.2, 0) is 9.53 Å². The molecule has 0 aliphatic heterocycles. The van der Waals surface area contributed by atoms with Crippen LogP contribution in [0.4, 0.5) is 0 Å². The van der Waals surface area contributed by atoms with Gasteiger partial charge in [-0.1, -0.05) is 12.1 Å². The van der Waals surface area contributed by atoms with Crippen LogP contribution in [0.1, 0.15) is 22.8 Å². The van der Waals surface area contributed by atoms with Gasteiger partial charge in [-0.3, -0.25) is 4.79 Å². The molecule has 0 spiro atoms. The zero-order chi connectivity index (χ0) is 20.5. The minimum atomic E-state index is -0.458. The molecule has 0 saturated carbocycles. The second kappa shape index (κ2) is 11.0. The summed E-state index contributed by atoms with van der Waals surface area (Å²) in [5.74, 6) is 0.0842. The van der Waals surface area contributed by atoms with Gasteiger partial charge in [0.1, 0.15) is 0 Å². The zero-order valence-electron chi connectivity index (χ0n) is 15.2. The number of hydrazone groups is 1. The Hall–Kier alpha value is -2.14. The first-order chi connectivity index (χ1) is 13.5. The Bertz CT molecular complexity index is 889. The fraction of sp³-hybridized carbons (Fsp3) is 0.211. The van der Waals surface area contributed by atoms with Gasteiger partial charge in [-0.05, 0) is 75.3 Å². The van der Waals surface area contributed by atoms with Gasteiger partial charge in [0, 0.05) is 4.47 Å². The highest BCUT2D eigenvalue weighted by atomic mass is 127. The molecule has 148 valence electrons. The van der Waals surface area contributed by atoms with Crippen molar-refractivity contribution < 1.29 is 23.8 Å². The van der Waals surface area contributed by atoms with E-state index in [0.717, 1.165) is 3.57 Å². The maximum Gasteiger partial charge on any atom is 0.344 e. The quantitative estimate of drug-likeness (QED) is 0.230. The number of carbonyl (C=O) groups excluding carboxylic acids is 2. The molecule has 0 aromatic heterocycles. The molecular formula is C19H18BrIN2O5. The Morgan fingerprint density at radius 1 is 1.29 bits per heavy atom. The van der Waals surface area contributed by atoms with Crippen molar-refractivity contribution >= 4 is 56.6 Å². The van der Waals surface area contributed by atoms with Gasteiger partial charge in [0.2, 0.25) is 0 Å². The summed E-state index contributed by atoms with van der Waals surface area (Å²) in [4.78, 5) is 23.6. The van der Waals surface area contributed by atoms with Gasteiger partial charge in [0.25, 0.3) is 5.91 Å². The SMILES string of the molecule is CCOC(=O)COc1c(I)cc(/C=N/NC(=O)c2ccccc2Br)cc1OC. The minimum Gasteiger partial charge on any atom is -0.493 e. The number of esters is 1. The van der Waals surface area contributed by atoms with Crippen LogP contribution >= 0.6 is 38.5 Å². The summed E-state index contributed by atoms with van der Waals surface area (Å²) in [6.07, 6.45) is 1.49. The van der Waals surface area contributed by atoms with Crippen LogP contribution in [0, 0.1) is 3.57 Å². The molecule has 1 amide bonds. The van der Waals surface area contributed by atoms with Gasteiger partial charge in [-0.15, -0.1) is 0 Å². The summed E-state index contributed by atoms with van der Waals surface area (Å²) in [6.45, 7) is 1.80. The minimum absolute atomic E-state index is 0.213. The first-order valence-corrected chi connectivity index (χ1v) is 10.1. The van der Waals surface area contributed by atoms with Crippen molar-refractivity contribution in [1.82, 2.24) is 5.43 Å². The van der Waals surface area contributed by atoms with Crippen LogP contribution in [0.5, 0.6) is 11.5 Å². The lowest BCUT2D eigenvalue weighted by Crippen LogP contribution is -2.18. The number of hydrogen-bond acceptors (Lipinski definition) is 6. The number of carbonyl (C=O) groups is 2. The Morgan fingerprint density at radius 2 is 2.04 bits per heavy atom. The van der Waals surface area contributed by atoms with E-state index in [2.05, 4.69) is 49.0 Å². The molecule has 1 N–H and O–H groups in total. The Morgan fingerprint density at radius 3 is 2.71 bits per heavy atom. The average molecular weight is 561 g/mol. The molecule has 0 saturated heterocycles. The third-order valence-corrected chi connectivity index (χ3v) is 4.88. The second-order valence-corrected chi connectivity index (χ2v) is 7.32.